The number of anilines is 1. The van der Waals surface area contributed by atoms with E-state index < -0.39 is 0 Å². The van der Waals surface area contributed by atoms with Crippen LogP contribution < -0.4 is 5.73 Å². The van der Waals surface area contributed by atoms with Gasteiger partial charge in [-0.15, -0.1) is 0 Å². The molecule has 3 rings (SSSR count). The second-order valence-electron chi connectivity index (χ2n) is 4.99. The van der Waals surface area contributed by atoms with Crippen molar-refractivity contribution in [2.24, 2.45) is 0 Å². The molecule has 0 saturated carbocycles. The molecule has 2 N–H and O–H groups in total. The van der Waals surface area contributed by atoms with E-state index >= 15 is 0 Å². The van der Waals surface area contributed by atoms with Gasteiger partial charge in [0, 0.05) is 18.9 Å². The van der Waals surface area contributed by atoms with E-state index in [1.54, 1.807) is 6.20 Å². The molecule has 0 aliphatic rings. The number of aromatic nitrogens is 6. The Morgan fingerprint density at radius 2 is 2.20 bits per heavy atom. The van der Waals surface area contributed by atoms with Crippen molar-refractivity contribution in [3.63, 3.8) is 0 Å². The summed E-state index contributed by atoms with van der Waals surface area (Å²) in [6.45, 7) is 7.68. The SMILES string of the molecule is CCn1nc(C)c2nc(N)n(C(C)Cn3cccn3)c21. The van der Waals surface area contributed by atoms with Crippen LogP contribution in [0.1, 0.15) is 25.6 Å². The van der Waals surface area contributed by atoms with Gasteiger partial charge in [0.25, 0.3) is 0 Å². The molecule has 106 valence electrons. The van der Waals surface area contributed by atoms with Crippen LogP contribution >= 0.6 is 0 Å². The van der Waals surface area contributed by atoms with Gasteiger partial charge < -0.3 is 5.73 Å². The topological polar surface area (TPSA) is 79.5 Å². The maximum atomic E-state index is 6.10. The van der Waals surface area contributed by atoms with Crippen LogP contribution in [0.5, 0.6) is 0 Å². The highest BCUT2D eigenvalue weighted by Gasteiger charge is 2.20. The molecule has 0 bridgehead atoms. The van der Waals surface area contributed by atoms with Gasteiger partial charge in [-0.25, -0.2) is 9.67 Å². The quantitative estimate of drug-likeness (QED) is 0.783. The van der Waals surface area contributed by atoms with Crippen molar-refractivity contribution in [1.82, 2.24) is 29.1 Å². The molecule has 3 aromatic rings. The molecule has 7 nitrogen and oxygen atoms in total. The Labute approximate surface area is 117 Å². The number of nitrogens with zero attached hydrogens (tertiary/aromatic N) is 6. The summed E-state index contributed by atoms with van der Waals surface area (Å²) in [5, 5.41) is 8.75. The van der Waals surface area contributed by atoms with Gasteiger partial charge in [-0.3, -0.25) is 9.25 Å². The van der Waals surface area contributed by atoms with Crippen molar-refractivity contribution in [3.05, 3.63) is 24.2 Å². The molecular formula is C13H19N7. The van der Waals surface area contributed by atoms with E-state index in [4.69, 9.17) is 5.73 Å². The minimum atomic E-state index is 0.154. The zero-order valence-corrected chi connectivity index (χ0v) is 12.0. The second-order valence-corrected chi connectivity index (χ2v) is 4.99. The molecule has 3 aromatic heterocycles. The van der Waals surface area contributed by atoms with E-state index in [0.29, 0.717) is 5.95 Å². The molecule has 1 atom stereocenters. The number of rotatable bonds is 4. The first kappa shape index (κ1) is 12.7. The van der Waals surface area contributed by atoms with Gasteiger partial charge in [0.2, 0.25) is 5.95 Å². The number of nitrogens with two attached hydrogens (primary N) is 1. The average molecular weight is 273 g/mol. The van der Waals surface area contributed by atoms with E-state index in [-0.39, 0.29) is 6.04 Å². The number of hydrogen-bond acceptors (Lipinski definition) is 4. The lowest BCUT2D eigenvalue weighted by atomic mass is 10.3. The van der Waals surface area contributed by atoms with Crippen molar-refractivity contribution >= 4 is 17.1 Å². The lowest BCUT2D eigenvalue weighted by Crippen LogP contribution is -2.17. The van der Waals surface area contributed by atoms with Crippen LogP contribution in [-0.2, 0) is 13.1 Å². The van der Waals surface area contributed by atoms with E-state index in [1.807, 2.05) is 33.1 Å². The van der Waals surface area contributed by atoms with E-state index in [0.717, 1.165) is 29.9 Å². The number of imidazole rings is 1. The maximum absolute atomic E-state index is 6.10. The molecule has 0 saturated heterocycles. The zero-order chi connectivity index (χ0) is 14.3. The van der Waals surface area contributed by atoms with Crippen molar-refractivity contribution in [2.75, 3.05) is 5.73 Å². The first-order valence-electron chi connectivity index (χ1n) is 6.80. The minimum absolute atomic E-state index is 0.154. The van der Waals surface area contributed by atoms with Crippen molar-refractivity contribution in [1.29, 1.82) is 0 Å². The summed E-state index contributed by atoms with van der Waals surface area (Å²) in [4.78, 5) is 4.46. The van der Waals surface area contributed by atoms with E-state index in [9.17, 15) is 0 Å². The average Bonchev–Trinajstić information content (AvgIpc) is 3.08. The molecule has 20 heavy (non-hydrogen) atoms. The Morgan fingerprint density at radius 1 is 1.40 bits per heavy atom. The van der Waals surface area contributed by atoms with Crippen LogP contribution in [0.15, 0.2) is 18.5 Å². The summed E-state index contributed by atoms with van der Waals surface area (Å²) in [7, 11) is 0. The molecule has 1 unspecified atom stereocenters. The molecule has 0 aliphatic carbocycles. The molecule has 0 amide bonds. The Balaban J connectivity index is 2.07. The minimum Gasteiger partial charge on any atom is -0.369 e. The molecule has 7 heteroatoms. The third-order valence-electron chi connectivity index (χ3n) is 3.52. The summed E-state index contributed by atoms with van der Waals surface area (Å²) >= 11 is 0. The van der Waals surface area contributed by atoms with Gasteiger partial charge in [-0.1, -0.05) is 0 Å². The monoisotopic (exact) mass is 273 g/mol. The summed E-state index contributed by atoms with van der Waals surface area (Å²) in [5.41, 5.74) is 8.89. The summed E-state index contributed by atoms with van der Waals surface area (Å²) in [6, 6.07) is 2.07. The third kappa shape index (κ3) is 1.86. The molecular weight excluding hydrogens is 254 g/mol. The second kappa shape index (κ2) is 4.66. The normalized spacial score (nSPS) is 13.2. The molecule has 0 fully saturated rings. The lowest BCUT2D eigenvalue weighted by Gasteiger charge is -2.16. The first-order valence-corrected chi connectivity index (χ1v) is 6.80. The fraction of sp³-hybridized carbons (Fsp3) is 0.462. The van der Waals surface area contributed by atoms with Gasteiger partial charge in [-0.05, 0) is 26.8 Å². The van der Waals surface area contributed by atoms with Crippen LogP contribution in [0.2, 0.25) is 0 Å². The first-order chi connectivity index (χ1) is 9.61. The Hall–Kier alpha value is -2.31. The van der Waals surface area contributed by atoms with E-state index in [1.165, 1.54) is 0 Å². The predicted molar refractivity (Wildman–Crippen MR) is 77.3 cm³/mol. The van der Waals surface area contributed by atoms with Crippen LogP contribution in [0, 0.1) is 6.92 Å². The van der Waals surface area contributed by atoms with Crippen LogP contribution in [0.4, 0.5) is 5.95 Å². The van der Waals surface area contributed by atoms with Gasteiger partial charge >= 0.3 is 0 Å². The highest BCUT2D eigenvalue weighted by molar-refractivity contribution is 5.77. The van der Waals surface area contributed by atoms with Crippen LogP contribution in [0.3, 0.4) is 0 Å². The summed E-state index contributed by atoms with van der Waals surface area (Å²) in [5.74, 6) is 0.530. The Morgan fingerprint density at radius 3 is 2.85 bits per heavy atom. The number of fused-ring (bicyclic) bond motifs is 1. The highest BCUT2D eigenvalue weighted by Crippen LogP contribution is 2.25. The Bertz CT molecular complexity index is 720. The lowest BCUT2D eigenvalue weighted by molar-refractivity contribution is 0.442. The smallest absolute Gasteiger partial charge is 0.202 e. The maximum Gasteiger partial charge on any atom is 0.202 e. The Kier molecular flexibility index (Phi) is 2.96. The number of aryl methyl sites for hydroxylation is 2. The van der Waals surface area contributed by atoms with Crippen molar-refractivity contribution < 1.29 is 0 Å². The van der Waals surface area contributed by atoms with Gasteiger partial charge in [0.1, 0.15) is 5.52 Å². The van der Waals surface area contributed by atoms with Gasteiger partial charge in [-0.2, -0.15) is 10.2 Å². The third-order valence-corrected chi connectivity index (χ3v) is 3.52. The largest absolute Gasteiger partial charge is 0.369 e. The van der Waals surface area contributed by atoms with Crippen molar-refractivity contribution in [3.8, 4) is 0 Å². The fourth-order valence-electron chi connectivity index (χ4n) is 2.62. The van der Waals surface area contributed by atoms with Crippen LogP contribution in [-0.4, -0.2) is 29.1 Å². The number of hydrogen-bond donors (Lipinski definition) is 1. The molecule has 0 aliphatic heterocycles. The van der Waals surface area contributed by atoms with Gasteiger partial charge in [0.15, 0.2) is 5.65 Å². The molecule has 0 aromatic carbocycles. The number of nitrogen functional groups attached to an aromatic ring is 1. The zero-order valence-electron chi connectivity index (χ0n) is 12.0. The molecule has 3 heterocycles. The predicted octanol–water partition coefficient (Wildman–Crippen LogP) is 1.60. The fourth-order valence-corrected chi connectivity index (χ4v) is 2.62. The summed E-state index contributed by atoms with van der Waals surface area (Å²) in [6.07, 6.45) is 3.73. The van der Waals surface area contributed by atoms with Gasteiger partial charge in [0.05, 0.1) is 18.3 Å². The highest BCUT2D eigenvalue weighted by atomic mass is 15.4. The van der Waals surface area contributed by atoms with Crippen LogP contribution in [0.25, 0.3) is 11.2 Å². The summed E-state index contributed by atoms with van der Waals surface area (Å²) < 4.78 is 5.89. The standard InChI is InChI=1S/C13H19N7/c1-4-19-12-11(10(3)17-19)16-13(14)20(12)9(2)8-18-7-5-6-15-18/h5-7,9H,4,8H2,1-3H3,(H2,14,16). The molecule has 0 radical (unpaired) electrons. The molecule has 0 spiro atoms. The van der Waals surface area contributed by atoms with Crippen molar-refractivity contribution in [2.45, 2.75) is 39.9 Å². The van der Waals surface area contributed by atoms with E-state index in [2.05, 4.69) is 29.0 Å².